The van der Waals surface area contributed by atoms with Crippen LogP contribution in [0.4, 0.5) is 0 Å². The number of carbonyl (C=O) groups excluding carboxylic acids is 2. The molecule has 0 aliphatic heterocycles. The van der Waals surface area contributed by atoms with Crippen LogP contribution in [-0.4, -0.2) is 49.6 Å². The average Bonchev–Trinajstić information content (AvgIpc) is 3.01. The molecule has 0 bridgehead atoms. The molecule has 0 saturated heterocycles. The lowest BCUT2D eigenvalue weighted by molar-refractivity contribution is -0.122. The first-order chi connectivity index (χ1) is 11.6. The van der Waals surface area contributed by atoms with Gasteiger partial charge in [0.2, 0.25) is 5.91 Å². The molecule has 1 heterocycles. The van der Waals surface area contributed by atoms with Crippen LogP contribution < -0.4 is 5.32 Å². The second-order valence-corrected chi connectivity index (χ2v) is 6.33. The third-order valence-corrected chi connectivity index (χ3v) is 4.52. The Kier molecular flexibility index (Phi) is 7.31. The smallest absolute Gasteiger partial charge is 0.257 e. The Morgan fingerprint density at radius 1 is 1.29 bits per heavy atom. The van der Waals surface area contributed by atoms with Crippen LogP contribution in [0.5, 0.6) is 0 Å². The van der Waals surface area contributed by atoms with Crippen LogP contribution in [0, 0.1) is 6.92 Å². The molecule has 1 fully saturated rings. The molecule has 1 aliphatic rings. The van der Waals surface area contributed by atoms with Crippen molar-refractivity contribution in [3.05, 3.63) is 23.7 Å². The fourth-order valence-corrected chi connectivity index (χ4v) is 3.08. The number of hydrogen-bond donors (Lipinski definition) is 1. The van der Waals surface area contributed by atoms with E-state index in [-0.39, 0.29) is 11.8 Å². The highest BCUT2D eigenvalue weighted by molar-refractivity contribution is 5.95. The van der Waals surface area contributed by atoms with Gasteiger partial charge in [0, 0.05) is 32.7 Å². The van der Waals surface area contributed by atoms with Crippen molar-refractivity contribution in [1.29, 1.82) is 0 Å². The van der Waals surface area contributed by atoms with Gasteiger partial charge >= 0.3 is 0 Å². The van der Waals surface area contributed by atoms with Crippen molar-refractivity contribution in [2.45, 2.75) is 51.5 Å². The van der Waals surface area contributed by atoms with E-state index < -0.39 is 0 Å². The SMILES string of the molecule is COCCN(CCC(=O)NC1CCCCC1)C(=O)c1ccoc1C. The number of amides is 2. The highest BCUT2D eigenvalue weighted by Gasteiger charge is 2.21. The van der Waals surface area contributed by atoms with Gasteiger partial charge in [-0.05, 0) is 25.8 Å². The summed E-state index contributed by atoms with van der Waals surface area (Å²) in [4.78, 5) is 26.4. The van der Waals surface area contributed by atoms with Gasteiger partial charge in [-0.25, -0.2) is 0 Å². The predicted molar refractivity (Wildman–Crippen MR) is 90.9 cm³/mol. The molecule has 0 aromatic carbocycles. The summed E-state index contributed by atoms with van der Waals surface area (Å²) in [5.41, 5.74) is 0.541. The van der Waals surface area contributed by atoms with Crippen molar-refractivity contribution in [1.82, 2.24) is 10.2 Å². The van der Waals surface area contributed by atoms with E-state index in [9.17, 15) is 9.59 Å². The summed E-state index contributed by atoms with van der Waals surface area (Å²) in [7, 11) is 1.60. The Hall–Kier alpha value is -1.82. The third-order valence-electron chi connectivity index (χ3n) is 4.52. The lowest BCUT2D eigenvalue weighted by Gasteiger charge is -2.25. The van der Waals surface area contributed by atoms with Gasteiger partial charge < -0.3 is 19.4 Å². The summed E-state index contributed by atoms with van der Waals surface area (Å²) < 4.78 is 10.3. The third kappa shape index (κ3) is 5.37. The molecule has 2 rings (SSSR count). The molecule has 1 aliphatic carbocycles. The van der Waals surface area contributed by atoms with E-state index in [4.69, 9.17) is 9.15 Å². The number of ether oxygens (including phenoxy) is 1. The monoisotopic (exact) mass is 336 g/mol. The molecule has 2 amide bonds. The fourth-order valence-electron chi connectivity index (χ4n) is 3.08. The zero-order chi connectivity index (χ0) is 17.4. The molecule has 1 saturated carbocycles. The van der Waals surface area contributed by atoms with E-state index in [1.54, 1.807) is 25.0 Å². The lowest BCUT2D eigenvalue weighted by atomic mass is 9.95. The fraction of sp³-hybridized carbons (Fsp3) is 0.667. The number of aryl methyl sites for hydroxylation is 1. The maximum Gasteiger partial charge on any atom is 0.257 e. The number of nitrogens with zero attached hydrogens (tertiary/aromatic N) is 1. The minimum atomic E-state index is -0.122. The summed E-state index contributed by atoms with van der Waals surface area (Å²) in [5, 5.41) is 3.09. The maximum atomic E-state index is 12.6. The van der Waals surface area contributed by atoms with Gasteiger partial charge in [0.1, 0.15) is 5.76 Å². The standard InChI is InChI=1S/C18H28N2O4/c1-14-16(9-12-24-14)18(22)20(11-13-23-2)10-8-17(21)19-15-6-4-3-5-7-15/h9,12,15H,3-8,10-11,13H2,1-2H3,(H,19,21). The second-order valence-electron chi connectivity index (χ2n) is 6.33. The minimum absolute atomic E-state index is 0.0148. The number of nitrogens with one attached hydrogen (secondary N) is 1. The predicted octanol–water partition coefficient (Wildman–Crippen LogP) is 2.52. The van der Waals surface area contributed by atoms with Crippen molar-refractivity contribution in [2.24, 2.45) is 0 Å². The second kappa shape index (κ2) is 9.47. The molecule has 134 valence electrons. The molecule has 0 unspecified atom stereocenters. The Balaban J connectivity index is 1.87. The molecule has 1 aromatic rings. The van der Waals surface area contributed by atoms with Gasteiger partial charge in [0.05, 0.1) is 18.4 Å². The zero-order valence-electron chi connectivity index (χ0n) is 14.7. The van der Waals surface area contributed by atoms with Crippen LogP contribution in [0.3, 0.4) is 0 Å². The van der Waals surface area contributed by atoms with Crippen LogP contribution >= 0.6 is 0 Å². The highest BCUT2D eigenvalue weighted by atomic mass is 16.5. The van der Waals surface area contributed by atoms with Crippen molar-refractivity contribution in [3.63, 3.8) is 0 Å². The number of rotatable bonds is 8. The van der Waals surface area contributed by atoms with E-state index in [1.807, 2.05) is 0 Å². The topological polar surface area (TPSA) is 71.8 Å². The lowest BCUT2D eigenvalue weighted by Crippen LogP contribution is -2.40. The molecule has 1 N–H and O–H groups in total. The van der Waals surface area contributed by atoms with Crippen molar-refractivity contribution < 1.29 is 18.7 Å². The van der Waals surface area contributed by atoms with Crippen molar-refractivity contribution in [2.75, 3.05) is 26.8 Å². The van der Waals surface area contributed by atoms with E-state index in [2.05, 4.69) is 5.32 Å². The number of furan rings is 1. The maximum absolute atomic E-state index is 12.6. The van der Waals surface area contributed by atoms with Crippen LogP contribution in [-0.2, 0) is 9.53 Å². The molecule has 6 nitrogen and oxygen atoms in total. The molecule has 6 heteroatoms. The number of carbonyl (C=O) groups is 2. The summed E-state index contributed by atoms with van der Waals surface area (Å²) in [6.45, 7) is 3.03. The Morgan fingerprint density at radius 2 is 2.04 bits per heavy atom. The van der Waals surface area contributed by atoms with E-state index in [0.29, 0.717) is 43.5 Å². The highest BCUT2D eigenvalue weighted by Crippen LogP contribution is 2.17. The van der Waals surface area contributed by atoms with Crippen LogP contribution in [0.2, 0.25) is 0 Å². The van der Waals surface area contributed by atoms with E-state index in [0.717, 1.165) is 12.8 Å². The molecule has 24 heavy (non-hydrogen) atoms. The summed E-state index contributed by atoms with van der Waals surface area (Å²) in [6.07, 6.45) is 7.57. The van der Waals surface area contributed by atoms with Crippen molar-refractivity contribution >= 4 is 11.8 Å². The van der Waals surface area contributed by atoms with Crippen LogP contribution in [0.1, 0.15) is 54.6 Å². The minimum Gasteiger partial charge on any atom is -0.469 e. The van der Waals surface area contributed by atoms with Gasteiger partial charge in [0.25, 0.3) is 5.91 Å². The average molecular weight is 336 g/mol. The summed E-state index contributed by atoms with van der Waals surface area (Å²) in [6, 6.07) is 1.96. The largest absolute Gasteiger partial charge is 0.469 e. The van der Waals surface area contributed by atoms with Crippen LogP contribution in [0.25, 0.3) is 0 Å². The Bertz CT molecular complexity index is 535. The Morgan fingerprint density at radius 3 is 2.67 bits per heavy atom. The van der Waals surface area contributed by atoms with Gasteiger partial charge in [-0.2, -0.15) is 0 Å². The van der Waals surface area contributed by atoms with Gasteiger partial charge in [-0.1, -0.05) is 19.3 Å². The first kappa shape index (κ1) is 18.5. The van der Waals surface area contributed by atoms with E-state index >= 15 is 0 Å². The molecule has 1 aromatic heterocycles. The van der Waals surface area contributed by atoms with Gasteiger partial charge in [-0.15, -0.1) is 0 Å². The normalized spacial score (nSPS) is 15.2. The number of methoxy groups -OCH3 is 1. The first-order valence-corrected chi connectivity index (χ1v) is 8.73. The molecular weight excluding hydrogens is 308 g/mol. The summed E-state index contributed by atoms with van der Waals surface area (Å²) in [5.74, 6) is 0.485. The van der Waals surface area contributed by atoms with Crippen LogP contribution in [0.15, 0.2) is 16.7 Å². The van der Waals surface area contributed by atoms with Crippen molar-refractivity contribution in [3.8, 4) is 0 Å². The van der Waals surface area contributed by atoms with E-state index in [1.165, 1.54) is 25.5 Å². The zero-order valence-corrected chi connectivity index (χ0v) is 14.7. The molecule has 0 radical (unpaired) electrons. The van der Waals surface area contributed by atoms with Gasteiger partial charge in [-0.3, -0.25) is 9.59 Å². The molecular formula is C18H28N2O4. The molecule has 0 spiro atoms. The van der Waals surface area contributed by atoms with Gasteiger partial charge in [0.15, 0.2) is 0 Å². The molecule has 0 atom stereocenters. The quantitative estimate of drug-likeness (QED) is 0.792. The Labute approximate surface area is 143 Å². The summed E-state index contributed by atoms with van der Waals surface area (Å²) >= 11 is 0. The number of hydrogen-bond acceptors (Lipinski definition) is 4. The first-order valence-electron chi connectivity index (χ1n) is 8.73.